The van der Waals surface area contributed by atoms with Crippen LogP contribution in [-0.2, 0) is 13.1 Å². The van der Waals surface area contributed by atoms with Crippen molar-refractivity contribution in [1.82, 2.24) is 19.8 Å². The van der Waals surface area contributed by atoms with Crippen molar-refractivity contribution in [3.63, 3.8) is 0 Å². The third kappa shape index (κ3) is 5.82. The van der Waals surface area contributed by atoms with E-state index in [2.05, 4.69) is 49.6 Å². The van der Waals surface area contributed by atoms with Gasteiger partial charge in [0.1, 0.15) is 12.1 Å². The molecule has 2 heterocycles. The number of likely N-dealkylation sites (N-methyl/N-ethyl adjacent to an activating group) is 1. The van der Waals surface area contributed by atoms with Crippen molar-refractivity contribution in [2.24, 2.45) is 0 Å². The minimum absolute atomic E-state index is 0.108. The normalized spacial score (nSPS) is 14.7. The van der Waals surface area contributed by atoms with Crippen LogP contribution in [0.25, 0.3) is 10.9 Å². The summed E-state index contributed by atoms with van der Waals surface area (Å²) in [4.78, 5) is 26.3. The summed E-state index contributed by atoms with van der Waals surface area (Å²) >= 11 is 0. The Morgan fingerprint density at radius 3 is 2.51 bits per heavy atom. The van der Waals surface area contributed by atoms with Crippen molar-refractivity contribution in [1.29, 1.82) is 0 Å². The molecule has 0 unspecified atom stereocenters. The standard InChI is InChI=1S/C28H30N6O/c1-33-13-15-34(16-14-33)19-21-9-11-23(12-10-21)28(35)32-24-6-4-5-22(17-24)18-29-27-25-7-2-3-8-26(25)30-20-31-27/h2-12,17,20H,13-16,18-19H2,1H3,(H,32,35)(H,29,30,31). The Kier molecular flexibility index (Phi) is 6.97. The topological polar surface area (TPSA) is 73.4 Å². The number of amides is 1. The number of anilines is 2. The minimum Gasteiger partial charge on any atom is -0.365 e. The van der Waals surface area contributed by atoms with Crippen LogP contribution in [0.1, 0.15) is 21.5 Å². The van der Waals surface area contributed by atoms with Crippen LogP contribution in [0.4, 0.5) is 11.5 Å². The van der Waals surface area contributed by atoms with Crippen LogP contribution in [0.3, 0.4) is 0 Å². The van der Waals surface area contributed by atoms with Gasteiger partial charge in [0, 0.05) is 55.9 Å². The van der Waals surface area contributed by atoms with Gasteiger partial charge in [-0.25, -0.2) is 9.97 Å². The molecule has 7 nitrogen and oxygen atoms in total. The number of carbonyl (C=O) groups excluding carboxylic acids is 1. The number of benzene rings is 3. The van der Waals surface area contributed by atoms with Crippen molar-refractivity contribution in [2.45, 2.75) is 13.1 Å². The second kappa shape index (κ2) is 10.6. The van der Waals surface area contributed by atoms with Gasteiger partial charge in [0.25, 0.3) is 5.91 Å². The van der Waals surface area contributed by atoms with E-state index >= 15 is 0 Å². The predicted octanol–water partition coefficient (Wildman–Crippen LogP) is 4.24. The summed E-state index contributed by atoms with van der Waals surface area (Å²) < 4.78 is 0. The molecule has 178 valence electrons. The molecule has 1 aliphatic rings. The number of nitrogens with one attached hydrogen (secondary N) is 2. The van der Waals surface area contributed by atoms with E-state index in [9.17, 15) is 4.79 Å². The Morgan fingerprint density at radius 2 is 1.69 bits per heavy atom. The Bertz CT molecular complexity index is 1290. The third-order valence-corrected chi connectivity index (χ3v) is 6.41. The highest BCUT2D eigenvalue weighted by atomic mass is 16.1. The lowest BCUT2D eigenvalue weighted by atomic mass is 10.1. The van der Waals surface area contributed by atoms with Gasteiger partial charge in [0.2, 0.25) is 0 Å². The summed E-state index contributed by atoms with van der Waals surface area (Å²) in [6, 6.07) is 23.7. The molecule has 1 aromatic heterocycles. The van der Waals surface area contributed by atoms with Crippen molar-refractivity contribution >= 4 is 28.3 Å². The maximum Gasteiger partial charge on any atom is 0.255 e. The number of aromatic nitrogens is 2. The first-order valence-electron chi connectivity index (χ1n) is 12.0. The van der Waals surface area contributed by atoms with Gasteiger partial charge in [-0.2, -0.15) is 0 Å². The summed E-state index contributed by atoms with van der Waals surface area (Å²) in [7, 11) is 2.16. The van der Waals surface area contributed by atoms with Gasteiger partial charge >= 0.3 is 0 Å². The molecular formula is C28H30N6O. The lowest BCUT2D eigenvalue weighted by Gasteiger charge is -2.32. The van der Waals surface area contributed by atoms with Crippen LogP contribution in [0.5, 0.6) is 0 Å². The number of rotatable bonds is 7. The zero-order valence-corrected chi connectivity index (χ0v) is 19.9. The quantitative estimate of drug-likeness (QED) is 0.424. The van der Waals surface area contributed by atoms with Crippen molar-refractivity contribution in [3.05, 3.63) is 95.8 Å². The fraction of sp³-hybridized carbons (Fsp3) is 0.250. The molecule has 1 fully saturated rings. The predicted molar refractivity (Wildman–Crippen MR) is 140 cm³/mol. The average molecular weight is 467 g/mol. The second-order valence-corrected chi connectivity index (χ2v) is 9.02. The summed E-state index contributed by atoms with van der Waals surface area (Å²) in [5.74, 6) is 0.685. The largest absolute Gasteiger partial charge is 0.365 e. The Morgan fingerprint density at radius 1 is 0.886 bits per heavy atom. The van der Waals surface area contributed by atoms with E-state index in [4.69, 9.17) is 0 Å². The highest BCUT2D eigenvalue weighted by Crippen LogP contribution is 2.20. The van der Waals surface area contributed by atoms with Crippen LogP contribution in [0, 0.1) is 0 Å². The van der Waals surface area contributed by atoms with E-state index in [1.54, 1.807) is 6.33 Å². The van der Waals surface area contributed by atoms with Gasteiger partial charge in [0.15, 0.2) is 0 Å². The SMILES string of the molecule is CN1CCN(Cc2ccc(C(=O)Nc3cccc(CNc4ncnc5ccccc45)c3)cc2)CC1. The van der Waals surface area contributed by atoms with Crippen LogP contribution in [0.2, 0.25) is 0 Å². The molecule has 3 aromatic carbocycles. The molecule has 0 spiro atoms. The number of hydrogen-bond donors (Lipinski definition) is 2. The van der Waals surface area contributed by atoms with Crippen LogP contribution >= 0.6 is 0 Å². The molecular weight excluding hydrogens is 436 g/mol. The zero-order chi connectivity index (χ0) is 24.0. The Labute approximate surface area is 205 Å². The number of piperazine rings is 1. The van der Waals surface area contributed by atoms with Gasteiger partial charge in [-0.1, -0.05) is 36.4 Å². The maximum absolute atomic E-state index is 12.8. The molecule has 7 heteroatoms. The third-order valence-electron chi connectivity index (χ3n) is 6.41. The van der Waals surface area contributed by atoms with Gasteiger partial charge in [0.05, 0.1) is 5.52 Å². The molecule has 2 N–H and O–H groups in total. The fourth-order valence-corrected chi connectivity index (χ4v) is 4.32. The van der Waals surface area contributed by atoms with E-state index in [0.29, 0.717) is 12.1 Å². The molecule has 1 saturated heterocycles. The highest BCUT2D eigenvalue weighted by Gasteiger charge is 2.14. The van der Waals surface area contributed by atoms with Crippen LogP contribution < -0.4 is 10.6 Å². The first-order valence-corrected chi connectivity index (χ1v) is 12.0. The number of nitrogens with zero attached hydrogens (tertiary/aromatic N) is 4. The first kappa shape index (κ1) is 23.0. The Balaban J connectivity index is 1.18. The molecule has 0 radical (unpaired) electrons. The minimum atomic E-state index is -0.108. The molecule has 0 saturated carbocycles. The molecule has 0 atom stereocenters. The zero-order valence-electron chi connectivity index (χ0n) is 19.9. The van der Waals surface area contributed by atoms with Crippen molar-refractivity contribution in [3.8, 4) is 0 Å². The smallest absolute Gasteiger partial charge is 0.255 e. The molecule has 35 heavy (non-hydrogen) atoms. The van der Waals surface area contributed by atoms with Gasteiger partial charge in [-0.15, -0.1) is 0 Å². The molecule has 0 aliphatic carbocycles. The van der Waals surface area contributed by atoms with Crippen molar-refractivity contribution < 1.29 is 4.79 Å². The van der Waals surface area contributed by atoms with Gasteiger partial charge < -0.3 is 15.5 Å². The summed E-state index contributed by atoms with van der Waals surface area (Å²) in [5.41, 5.74) is 4.61. The number of fused-ring (bicyclic) bond motifs is 1. The first-order chi connectivity index (χ1) is 17.1. The van der Waals surface area contributed by atoms with E-state index in [1.807, 2.05) is 60.7 Å². The summed E-state index contributed by atoms with van der Waals surface area (Å²) in [5, 5.41) is 7.39. The second-order valence-electron chi connectivity index (χ2n) is 9.02. The molecule has 1 aliphatic heterocycles. The number of para-hydroxylation sites is 1. The van der Waals surface area contributed by atoms with Crippen LogP contribution in [0.15, 0.2) is 79.1 Å². The fourth-order valence-electron chi connectivity index (χ4n) is 4.32. The van der Waals surface area contributed by atoms with E-state index < -0.39 is 0 Å². The van der Waals surface area contributed by atoms with E-state index in [0.717, 1.165) is 60.7 Å². The van der Waals surface area contributed by atoms with Crippen LogP contribution in [-0.4, -0.2) is 58.9 Å². The Hall–Kier alpha value is -3.81. The van der Waals surface area contributed by atoms with Gasteiger partial charge in [-0.05, 0) is 54.6 Å². The molecule has 1 amide bonds. The van der Waals surface area contributed by atoms with Crippen molar-refractivity contribution in [2.75, 3.05) is 43.9 Å². The van der Waals surface area contributed by atoms with E-state index in [1.165, 1.54) is 5.56 Å². The number of hydrogen-bond acceptors (Lipinski definition) is 6. The monoisotopic (exact) mass is 466 g/mol. The molecule has 0 bridgehead atoms. The lowest BCUT2D eigenvalue weighted by molar-refractivity contribution is 0.102. The summed E-state index contributed by atoms with van der Waals surface area (Å²) in [6.07, 6.45) is 1.57. The maximum atomic E-state index is 12.8. The van der Waals surface area contributed by atoms with E-state index in [-0.39, 0.29) is 5.91 Å². The molecule has 4 aromatic rings. The molecule has 5 rings (SSSR count). The summed E-state index contributed by atoms with van der Waals surface area (Å²) in [6.45, 7) is 5.88. The average Bonchev–Trinajstić information content (AvgIpc) is 2.89. The number of carbonyl (C=O) groups is 1. The lowest BCUT2D eigenvalue weighted by Crippen LogP contribution is -2.43. The highest BCUT2D eigenvalue weighted by molar-refractivity contribution is 6.04. The van der Waals surface area contributed by atoms with Gasteiger partial charge in [-0.3, -0.25) is 9.69 Å².